The SMILES string of the molecule is COC(=O)C1=C(CCN2CCN(C)CC2)N(C)C(CCN2CCN(C)CC2)=C(COC=O)C1c1ccc(C(F)(F)F)cc1. The molecule has 3 heterocycles. The van der Waals surface area contributed by atoms with Crippen LogP contribution in [0.25, 0.3) is 0 Å². The maximum Gasteiger partial charge on any atom is 0.416 e. The largest absolute Gasteiger partial charge is 0.466 e. The molecule has 1 unspecified atom stereocenters. The first kappa shape index (κ1) is 33.0. The molecule has 1 aromatic carbocycles. The summed E-state index contributed by atoms with van der Waals surface area (Å²) in [6.07, 6.45) is -3.31. The summed E-state index contributed by atoms with van der Waals surface area (Å²) in [5.74, 6) is -1.28. The van der Waals surface area contributed by atoms with Crippen LogP contribution in [0.15, 0.2) is 46.8 Å². The molecule has 0 saturated carbocycles. The van der Waals surface area contributed by atoms with Crippen molar-refractivity contribution in [2.45, 2.75) is 24.9 Å². The predicted molar refractivity (Wildman–Crippen MR) is 157 cm³/mol. The third kappa shape index (κ3) is 8.17. The van der Waals surface area contributed by atoms with Gasteiger partial charge in [0.25, 0.3) is 6.47 Å². The Bertz CT molecular complexity index is 1170. The van der Waals surface area contributed by atoms with Gasteiger partial charge in [-0.05, 0) is 37.4 Å². The van der Waals surface area contributed by atoms with Crippen molar-refractivity contribution in [1.82, 2.24) is 24.5 Å². The zero-order valence-corrected chi connectivity index (χ0v) is 25.7. The highest BCUT2D eigenvalue weighted by molar-refractivity contribution is 5.92. The van der Waals surface area contributed by atoms with Gasteiger partial charge in [-0.25, -0.2) is 4.79 Å². The minimum Gasteiger partial charge on any atom is -0.466 e. The van der Waals surface area contributed by atoms with Crippen molar-refractivity contribution in [2.75, 3.05) is 100 Å². The number of alkyl halides is 3. The molecule has 2 saturated heterocycles. The Hall–Kier alpha value is -2.93. The van der Waals surface area contributed by atoms with E-state index in [4.69, 9.17) is 9.47 Å². The first-order valence-electron chi connectivity index (χ1n) is 14.8. The number of methoxy groups -OCH3 is 1. The number of esters is 1. The molecule has 1 aromatic rings. The Kier molecular flexibility index (Phi) is 11.3. The zero-order valence-electron chi connectivity index (χ0n) is 25.7. The van der Waals surface area contributed by atoms with Crippen molar-refractivity contribution in [3.63, 3.8) is 0 Å². The Morgan fingerprint density at radius 1 is 0.860 bits per heavy atom. The smallest absolute Gasteiger partial charge is 0.416 e. The topological polar surface area (TPSA) is 68.8 Å². The Morgan fingerprint density at radius 2 is 1.37 bits per heavy atom. The van der Waals surface area contributed by atoms with Crippen molar-refractivity contribution in [3.8, 4) is 0 Å². The van der Waals surface area contributed by atoms with E-state index < -0.39 is 23.6 Å². The highest BCUT2D eigenvalue weighted by Gasteiger charge is 2.39. The van der Waals surface area contributed by atoms with Crippen LogP contribution in [0.3, 0.4) is 0 Å². The van der Waals surface area contributed by atoms with Crippen LogP contribution in [0.5, 0.6) is 0 Å². The van der Waals surface area contributed by atoms with E-state index in [0.717, 1.165) is 89.0 Å². The van der Waals surface area contributed by atoms with E-state index in [9.17, 15) is 22.8 Å². The average Bonchev–Trinajstić information content (AvgIpc) is 2.99. The van der Waals surface area contributed by atoms with Crippen LogP contribution in [0.4, 0.5) is 13.2 Å². The van der Waals surface area contributed by atoms with E-state index in [1.54, 1.807) is 0 Å². The van der Waals surface area contributed by atoms with Crippen LogP contribution in [0.2, 0.25) is 0 Å². The number of likely N-dealkylation sites (N-methyl/N-ethyl adjacent to an activating group) is 2. The average molecular weight is 608 g/mol. The first-order valence-corrected chi connectivity index (χ1v) is 14.8. The summed E-state index contributed by atoms with van der Waals surface area (Å²) in [6.45, 7) is 9.26. The van der Waals surface area contributed by atoms with Crippen molar-refractivity contribution < 1.29 is 32.2 Å². The van der Waals surface area contributed by atoms with Crippen LogP contribution in [0, 0.1) is 0 Å². The van der Waals surface area contributed by atoms with Gasteiger partial charge in [0, 0.05) is 103 Å². The maximum absolute atomic E-state index is 13.5. The number of halogens is 3. The third-order valence-electron chi connectivity index (χ3n) is 8.93. The summed E-state index contributed by atoms with van der Waals surface area (Å²) >= 11 is 0. The fraction of sp³-hybridized carbons (Fsp3) is 0.613. The first-order chi connectivity index (χ1) is 20.5. The van der Waals surface area contributed by atoms with Gasteiger partial charge >= 0.3 is 12.1 Å². The lowest BCUT2D eigenvalue weighted by atomic mass is 9.78. The number of hydrogen-bond acceptors (Lipinski definition) is 9. The molecule has 0 spiro atoms. The minimum atomic E-state index is -4.49. The van der Waals surface area contributed by atoms with E-state index in [1.165, 1.54) is 19.2 Å². The molecule has 0 radical (unpaired) electrons. The molecule has 0 amide bonds. The minimum absolute atomic E-state index is 0.0934. The normalized spacial score (nSPS) is 21.8. The second-order valence-electron chi connectivity index (χ2n) is 11.6. The van der Waals surface area contributed by atoms with E-state index in [0.29, 0.717) is 36.0 Å². The molecule has 2 fully saturated rings. The van der Waals surface area contributed by atoms with Gasteiger partial charge in [-0.3, -0.25) is 4.79 Å². The number of hydrogen-bond donors (Lipinski definition) is 0. The van der Waals surface area contributed by atoms with Crippen LogP contribution < -0.4 is 0 Å². The Balaban J connectivity index is 1.77. The molecule has 12 heteroatoms. The molecule has 0 aliphatic carbocycles. The molecule has 4 rings (SSSR count). The molecule has 0 N–H and O–H groups in total. The van der Waals surface area contributed by atoms with Crippen molar-refractivity contribution >= 4 is 12.4 Å². The zero-order chi connectivity index (χ0) is 31.1. The van der Waals surface area contributed by atoms with E-state index in [-0.39, 0.29) is 6.61 Å². The van der Waals surface area contributed by atoms with Gasteiger partial charge < -0.3 is 34.0 Å². The monoisotopic (exact) mass is 607 g/mol. The van der Waals surface area contributed by atoms with Gasteiger partial charge in [-0.2, -0.15) is 13.2 Å². The summed E-state index contributed by atoms with van der Waals surface area (Å²) in [7, 11) is 7.43. The van der Waals surface area contributed by atoms with E-state index >= 15 is 0 Å². The number of carbonyl (C=O) groups is 2. The third-order valence-corrected chi connectivity index (χ3v) is 8.93. The molecule has 43 heavy (non-hydrogen) atoms. The highest BCUT2D eigenvalue weighted by atomic mass is 19.4. The van der Waals surface area contributed by atoms with Crippen molar-refractivity contribution in [2.24, 2.45) is 0 Å². The van der Waals surface area contributed by atoms with Crippen LogP contribution in [0.1, 0.15) is 29.9 Å². The summed E-state index contributed by atoms with van der Waals surface area (Å²) in [5.41, 5.74) is 2.47. The molecule has 9 nitrogen and oxygen atoms in total. The molecule has 3 aliphatic rings. The van der Waals surface area contributed by atoms with Gasteiger partial charge in [-0.1, -0.05) is 12.1 Å². The standard InChI is InChI=1S/C31H44F3N5O4/c1-35-13-17-38(18-14-35)11-9-26-25(21-43-22-40)28(23-5-7-24(8-6-23)31(32,33)34)29(30(41)42-4)27(37(26)3)10-12-39-19-15-36(2)16-20-39/h5-8,22,28H,9-21H2,1-4H3. The van der Waals surface area contributed by atoms with Crippen LogP contribution in [-0.2, 0) is 25.2 Å². The quantitative estimate of drug-likeness (QED) is 0.279. The lowest BCUT2D eigenvalue weighted by Gasteiger charge is -2.41. The number of nitrogens with zero attached hydrogens (tertiary/aromatic N) is 5. The summed E-state index contributed by atoms with van der Waals surface area (Å²) < 4.78 is 51.0. The second kappa shape index (κ2) is 14.7. The van der Waals surface area contributed by atoms with Gasteiger partial charge in [0.2, 0.25) is 0 Å². The number of carbonyl (C=O) groups excluding carboxylic acids is 2. The number of benzene rings is 1. The van der Waals surface area contributed by atoms with E-state index in [2.05, 4.69) is 33.7 Å². The molecule has 0 bridgehead atoms. The lowest BCUT2D eigenvalue weighted by molar-refractivity contribution is -0.138. The number of piperazine rings is 2. The molecule has 1 atom stereocenters. The molecular formula is C31H44F3N5O4. The van der Waals surface area contributed by atoms with Crippen molar-refractivity contribution in [1.29, 1.82) is 0 Å². The molecule has 0 aromatic heterocycles. The van der Waals surface area contributed by atoms with Gasteiger partial charge in [0.1, 0.15) is 6.61 Å². The van der Waals surface area contributed by atoms with Gasteiger partial charge in [-0.15, -0.1) is 0 Å². The number of rotatable bonds is 11. The summed E-state index contributed by atoms with van der Waals surface area (Å²) in [5, 5.41) is 0. The Morgan fingerprint density at radius 3 is 1.84 bits per heavy atom. The van der Waals surface area contributed by atoms with Gasteiger partial charge in [0.15, 0.2) is 0 Å². The summed E-state index contributed by atoms with van der Waals surface area (Å²) in [4.78, 5) is 36.3. The predicted octanol–water partition coefficient (Wildman–Crippen LogP) is 2.86. The van der Waals surface area contributed by atoms with Crippen molar-refractivity contribution in [3.05, 3.63) is 57.9 Å². The fourth-order valence-electron chi connectivity index (χ4n) is 6.24. The van der Waals surface area contributed by atoms with E-state index in [1.807, 2.05) is 11.9 Å². The number of ether oxygens (including phenoxy) is 2. The fourth-order valence-corrected chi connectivity index (χ4v) is 6.24. The molecule has 238 valence electrons. The lowest BCUT2D eigenvalue weighted by Crippen LogP contribution is -2.46. The van der Waals surface area contributed by atoms with Crippen LogP contribution in [-0.4, -0.2) is 137 Å². The Labute approximate surface area is 252 Å². The molecular weight excluding hydrogens is 563 g/mol. The van der Waals surface area contributed by atoms with Gasteiger partial charge in [0.05, 0.1) is 18.2 Å². The second-order valence-corrected chi connectivity index (χ2v) is 11.6. The maximum atomic E-state index is 13.5. The summed E-state index contributed by atoms with van der Waals surface area (Å²) in [6, 6.07) is 4.90. The highest BCUT2D eigenvalue weighted by Crippen LogP contribution is 2.44. The van der Waals surface area contributed by atoms with Crippen LogP contribution >= 0.6 is 0 Å². The molecule has 3 aliphatic heterocycles.